The number of carbonyl (C=O) groups is 1. The Morgan fingerprint density at radius 3 is 2.48 bits per heavy atom. The average Bonchev–Trinajstić information content (AvgIpc) is 3.19. The molecule has 10 heteroatoms. The summed E-state index contributed by atoms with van der Waals surface area (Å²) in [4.78, 5) is 14.2. The van der Waals surface area contributed by atoms with Crippen molar-refractivity contribution < 1.29 is 31.5 Å². The van der Waals surface area contributed by atoms with Crippen LogP contribution in [0.1, 0.15) is 47.4 Å². The minimum Gasteiger partial charge on any atom is -0.381 e. The lowest BCUT2D eigenvalue weighted by Gasteiger charge is -2.36. The number of methoxy groups -OCH3 is 1. The van der Waals surface area contributed by atoms with Gasteiger partial charge in [-0.05, 0) is 43.9 Å². The first-order valence-corrected chi connectivity index (χ1v) is 9.09. The van der Waals surface area contributed by atoms with Gasteiger partial charge in [-0.15, -0.1) is 0 Å². The molecule has 158 valence electrons. The van der Waals surface area contributed by atoms with E-state index in [0.29, 0.717) is 31.7 Å². The number of ether oxygens (including phenoxy) is 1. The van der Waals surface area contributed by atoms with Crippen LogP contribution in [0.4, 0.5) is 22.0 Å². The topological polar surface area (TPSA) is 58.2 Å². The molecule has 1 amide bonds. The molecule has 1 aliphatic carbocycles. The van der Waals surface area contributed by atoms with Gasteiger partial charge in [0.25, 0.3) is 5.91 Å². The van der Waals surface area contributed by atoms with Crippen molar-refractivity contribution in [1.29, 1.82) is 0 Å². The molecule has 1 aliphatic rings. The maximum Gasteiger partial charge on any atom is 0.432 e. The standard InChI is InChI=1S/C19H20F5N3O2/c1-29-14-5-3-13(4-6-14)27(10-11-8-12(20)2-7-15(11)21)18(28)16-9-17(26-25-16)19(22,23)24/h2,7-9,13-14H,3-6,10H2,1H3,(H,25,26). The highest BCUT2D eigenvalue weighted by atomic mass is 19.4. The van der Waals surface area contributed by atoms with Crippen LogP contribution >= 0.6 is 0 Å². The van der Waals surface area contributed by atoms with Crippen molar-refractivity contribution in [2.24, 2.45) is 0 Å². The van der Waals surface area contributed by atoms with E-state index in [4.69, 9.17) is 4.74 Å². The molecule has 1 fully saturated rings. The van der Waals surface area contributed by atoms with Gasteiger partial charge in [-0.25, -0.2) is 8.78 Å². The fourth-order valence-corrected chi connectivity index (χ4v) is 3.53. The van der Waals surface area contributed by atoms with Gasteiger partial charge < -0.3 is 9.64 Å². The minimum atomic E-state index is -4.68. The Labute approximate surface area is 163 Å². The van der Waals surface area contributed by atoms with Gasteiger partial charge >= 0.3 is 6.18 Å². The summed E-state index contributed by atoms with van der Waals surface area (Å²) >= 11 is 0. The molecule has 0 spiro atoms. The van der Waals surface area contributed by atoms with E-state index < -0.39 is 35.1 Å². The predicted molar refractivity (Wildman–Crippen MR) is 92.9 cm³/mol. The van der Waals surface area contributed by atoms with E-state index in [0.717, 1.165) is 18.2 Å². The number of hydrogen-bond acceptors (Lipinski definition) is 3. The predicted octanol–water partition coefficient (Wildman–Crippen LogP) is 4.31. The molecule has 1 saturated carbocycles. The van der Waals surface area contributed by atoms with Crippen LogP contribution in [0.3, 0.4) is 0 Å². The van der Waals surface area contributed by atoms with Crippen molar-refractivity contribution in [2.45, 2.75) is 50.6 Å². The molecule has 0 bridgehead atoms. The highest BCUT2D eigenvalue weighted by Gasteiger charge is 2.36. The maximum absolute atomic E-state index is 14.1. The van der Waals surface area contributed by atoms with Crippen LogP contribution in [0.5, 0.6) is 0 Å². The van der Waals surface area contributed by atoms with E-state index in [1.165, 1.54) is 4.90 Å². The molecule has 1 aromatic carbocycles. The van der Waals surface area contributed by atoms with Gasteiger partial charge in [0.05, 0.1) is 6.10 Å². The number of nitrogens with zero attached hydrogens (tertiary/aromatic N) is 2. The summed E-state index contributed by atoms with van der Waals surface area (Å²) in [6.45, 7) is -0.279. The number of alkyl halides is 3. The van der Waals surface area contributed by atoms with E-state index in [1.807, 2.05) is 5.10 Å². The molecule has 1 aromatic heterocycles. The average molecular weight is 417 g/mol. The van der Waals surface area contributed by atoms with Crippen LogP contribution in [0, 0.1) is 11.6 Å². The number of H-pyrrole nitrogens is 1. The zero-order chi connectivity index (χ0) is 21.2. The molecule has 0 aliphatic heterocycles. The third kappa shape index (κ3) is 4.92. The third-order valence-corrected chi connectivity index (χ3v) is 5.13. The summed E-state index contributed by atoms with van der Waals surface area (Å²) in [5, 5.41) is 5.29. The van der Waals surface area contributed by atoms with Crippen LogP contribution in [0.25, 0.3) is 0 Å². The second-order valence-corrected chi connectivity index (χ2v) is 7.00. The van der Waals surface area contributed by atoms with E-state index in [-0.39, 0.29) is 24.3 Å². The molecule has 5 nitrogen and oxygen atoms in total. The summed E-state index contributed by atoms with van der Waals surface area (Å²) in [6.07, 6.45) is -2.32. The molecule has 2 aromatic rings. The molecular weight excluding hydrogens is 397 g/mol. The van der Waals surface area contributed by atoms with Gasteiger partial charge in [-0.1, -0.05) is 0 Å². The quantitative estimate of drug-likeness (QED) is 0.738. The van der Waals surface area contributed by atoms with E-state index >= 15 is 0 Å². The Hall–Kier alpha value is -2.49. The number of amides is 1. The Balaban J connectivity index is 1.88. The zero-order valence-electron chi connectivity index (χ0n) is 15.6. The van der Waals surface area contributed by atoms with Gasteiger partial charge in [-0.3, -0.25) is 9.89 Å². The van der Waals surface area contributed by atoms with Crippen LogP contribution < -0.4 is 0 Å². The van der Waals surface area contributed by atoms with Crippen molar-refractivity contribution >= 4 is 5.91 Å². The van der Waals surface area contributed by atoms with Gasteiger partial charge in [-0.2, -0.15) is 18.3 Å². The molecule has 1 heterocycles. The summed E-state index contributed by atoms with van der Waals surface area (Å²) in [5.41, 5.74) is -1.64. The summed E-state index contributed by atoms with van der Waals surface area (Å²) in [5.74, 6) is -2.15. The number of rotatable bonds is 5. The molecule has 0 saturated heterocycles. The van der Waals surface area contributed by atoms with Crippen LogP contribution in [0.2, 0.25) is 0 Å². The molecule has 0 atom stereocenters. The van der Waals surface area contributed by atoms with Gasteiger partial charge in [0.15, 0.2) is 5.69 Å². The largest absolute Gasteiger partial charge is 0.432 e. The highest BCUT2D eigenvalue weighted by molar-refractivity contribution is 5.92. The van der Waals surface area contributed by atoms with Gasteiger partial charge in [0.1, 0.15) is 17.3 Å². The Morgan fingerprint density at radius 1 is 1.21 bits per heavy atom. The number of halogens is 5. The van der Waals surface area contributed by atoms with Crippen molar-refractivity contribution in [3.8, 4) is 0 Å². The molecule has 0 unspecified atom stereocenters. The molecule has 0 radical (unpaired) electrons. The Bertz CT molecular complexity index is 860. The summed E-state index contributed by atoms with van der Waals surface area (Å²) in [7, 11) is 1.58. The molecule has 3 rings (SSSR count). The number of carbonyl (C=O) groups excluding carboxylic acids is 1. The van der Waals surface area contributed by atoms with Crippen LogP contribution in [-0.2, 0) is 17.5 Å². The Kier molecular flexibility index (Phi) is 6.21. The zero-order valence-corrected chi connectivity index (χ0v) is 15.6. The van der Waals surface area contributed by atoms with Crippen molar-refractivity contribution in [3.05, 3.63) is 52.9 Å². The molecular formula is C19H20F5N3O2. The van der Waals surface area contributed by atoms with Crippen molar-refractivity contribution in [3.63, 3.8) is 0 Å². The second-order valence-electron chi connectivity index (χ2n) is 7.00. The highest BCUT2D eigenvalue weighted by Crippen LogP contribution is 2.30. The van der Waals surface area contributed by atoms with E-state index in [9.17, 15) is 26.7 Å². The number of hydrogen-bond donors (Lipinski definition) is 1. The minimum absolute atomic E-state index is 0.0244. The summed E-state index contributed by atoms with van der Waals surface area (Å²) in [6, 6.07) is 3.14. The lowest BCUT2D eigenvalue weighted by Crippen LogP contribution is -2.43. The fraction of sp³-hybridized carbons (Fsp3) is 0.474. The molecule has 29 heavy (non-hydrogen) atoms. The van der Waals surface area contributed by atoms with E-state index in [1.54, 1.807) is 7.11 Å². The van der Waals surface area contributed by atoms with Crippen molar-refractivity contribution in [2.75, 3.05) is 7.11 Å². The van der Waals surface area contributed by atoms with Crippen LogP contribution in [-0.4, -0.2) is 40.3 Å². The first-order valence-electron chi connectivity index (χ1n) is 9.09. The third-order valence-electron chi connectivity index (χ3n) is 5.13. The first kappa shape index (κ1) is 21.2. The van der Waals surface area contributed by atoms with Gasteiger partial charge in [0.2, 0.25) is 0 Å². The fourth-order valence-electron chi connectivity index (χ4n) is 3.53. The Morgan fingerprint density at radius 2 is 1.90 bits per heavy atom. The number of aromatic amines is 1. The van der Waals surface area contributed by atoms with E-state index in [2.05, 4.69) is 5.10 Å². The number of nitrogens with one attached hydrogen (secondary N) is 1. The smallest absolute Gasteiger partial charge is 0.381 e. The van der Waals surface area contributed by atoms with Crippen LogP contribution in [0.15, 0.2) is 24.3 Å². The number of benzene rings is 1. The molecule has 1 N–H and O–H groups in total. The summed E-state index contributed by atoms with van der Waals surface area (Å²) < 4.78 is 71.5. The number of aromatic nitrogens is 2. The second kappa shape index (κ2) is 8.48. The van der Waals surface area contributed by atoms with Gasteiger partial charge in [0, 0.05) is 31.3 Å². The maximum atomic E-state index is 14.1. The monoisotopic (exact) mass is 417 g/mol. The van der Waals surface area contributed by atoms with Crippen molar-refractivity contribution in [1.82, 2.24) is 15.1 Å². The lowest BCUT2D eigenvalue weighted by atomic mass is 9.91. The SMILES string of the molecule is COC1CCC(N(Cc2cc(F)ccc2F)C(=O)c2cc(C(F)(F)F)[nH]n2)CC1. The normalized spacial score (nSPS) is 19.9. The lowest BCUT2D eigenvalue weighted by molar-refractivity contribution is -0.141. The first-order chi connectivity index (χ1) is 13.7.